The second-order valence-electron chi connectivity index (χ2n) is 3.78. The van der Waals surface area contributed by atoms with Crippen LogP contribution >= 0.6 is 15.9 Å². The molecule has 0 fully saturated rings. The smallest absolute Gasteiger partial charge is 0.267 e. The number of alkyl halides is 3. The number of aromatic nitrogens is 1. The molecule has 110 valence electrons. The molecule has 0 amide bonds. The number of hydrogen-bond donors (Lipinski definition) is 1. The summed E-state index contributed by atoms with van der Waals surface area (Å²) in [5, 5.41) is 0. The number of terminal acetylenes is 1. The molecule has 0 aromatic carbocycles. The van der Waals surface area contributed by atoms with Crippen LogP contribution in [0.5, 0.6) is 0 Å². The SMILES string of the molecule is C#CCCCS(=O)(=O)Nc1cc(C(F)(F)F)c(Br)cn1. The van der Waals surface area contributed by atoms with Gasteiger partial charge >= 0.3 is 6.18 Å². The van der Waals surface area contributed by atoms with Crippen LogP contribution in [0.2, 0.25) is 0 Å². The molecule has 0 saturated heterocycles. The van der Waals surface area contributed by atoms with Crippen LogP contribution in [0.25, 0.3) is 0 Å². The van der Waals surface area contributed by atoms with Crippen molar-refractivity contribution in [1.29, 1.82) is 0 Å². The topological polar surface area (TPSA) is 59.1 Å². The van der Waals surface area contributed by atoms with Gasteiger partial charge in [-0.3, -0.25) is 4.72 Å². The van der Waals surface area contributed by atoms with Gasteiger partial charge < -0.3 is 0 Å². The average molecular weight is 371 g/mol. The molecule has 0 aliphatic heterocycles. The number of rotatable bonds is 5. The lowest BCUT2D eigenvalue weighted by Gasteiger charge is -2.11. The Morgan fingerprint density at radius 3 is 2.65 bits per heavy atom. The fourth-order valence-corrected chi connectivity index (χ4v) is 2.78. The minimum atomic E-state index is -4.61. The van der Waals surface area contributed by atoms with E-state index in [1.165, 1.54) is 0 Å². The van der Waals surface area contributed by atoms with Crippen molar-refractivity contribution < 1.29 is 21.6 Å². The van der Waals surface area contributed by atoms with Crippen LogP contribution in [0.4, 0.5) is 19.0 Å². The molecular formula is C11H10BrF3N2O2S. The first kappa shape index (κ1) is 16.8. The monoisotopic (exact) mass is 370 g/mol. The van der Waals surface area contributed by atoms with Gasteiger partial charge in [0.2, 0.25) is 10.0 Å². The molecule has 0 unspecified atom stereocenters. The highest BCUT2D eigenvalue weighted by Gasteiger charge is 2.33. The van der Waals surface area contributed by atoms with E-state index in [0.717, 1.165) is 6.20 Å². The summed E-state index contributed by atoms with van der Waals surface area (Å²) in [7, 11) is -3.77. The largest absolute Gasteiger partial charge is 0.417 e. The second-order valence-corrected chi connectivity index (χ2v) is 6.47. The lowest BCUT2D eigenvalue weighted by Crippen LogP contribution is -2.18. The Labute approximate surface area is 123 Å². The van der Waals surface area contributed by atoms with E-state index in [2.05, 4.69) is 26.8 Å². The molecule has 1 N–H and O–H groups in total. The predicted octanol–water partition coefficient (Wildman–Crippen LogP) is 3.02. The van der Waals surface area contributed by atoms with Crippen molar-refractivity contribution >= 4 is 31.8 Å². The third-order valence-electron chi connectivity index (χ3n) is 2.15. The van der Waals surface area contributed by atoms with Crippen molar-refractivity contribution in [2.45, 2.75) is 19.0 Å². The third kappa shape index (κ3) is 5.02. The summed E-state index contributed by atoms with van der Waals surface area (Å²) in [4.78, 5) is 3.59. The zero-order chi connectivity index (χ0) is 15.4. The lowest BCUT2D eigenvalue weighted by atomic mass is 10.2. The van der Waals surface area contributed by atoms with Crippen molar-refractivity contribution in [2.24, 2.45) is 0 Å². The minimum Gasteiger partial charge on any atom is -0.267 e. The molecule has 1 aromatic heterocycles. The molecule has 0 aliphatic rings. The van der Waals surface area contributed by atoms with E-state index in [0.29, 0.717) is 6.07 Å². The minimum absolute atomic E-state index is 0.217. The Kier molecular flexibility index (Phi) is 5.42. The Morgan fingerprint density at radius 1 is 1.45 bits per heavy atom. The summed E-state index contributed by atoms with van der Waals surface area (Å²) in [5.41, 5.74) is -1.01. The molecule has 0 atom stereocenters. The van der Waals surface area contributed by atoms with Crippen molar-refractivity contribution in [3.63, 3.8) is 0 Å². The lowest BCUT2D eigenvalue weighted by molar-refractivity contribution is -0.138. The molecule has 1 rings (SSSR count). The van der Waals surface area contributed by atoms with Gasteiger partial charge in [0.25, 0.3) is 0 Å². The van der Waals surface area contributed by atoms with Gasteiger partial charge in [-0.2, -0.15) is 13.2 Å². The maximum atomic E-state index is 12.7. The fourth-order valence-electron chi connectivity index (χ4n) is 1.29. The van der Waals surface area contributed by atoms with Crippen molar-refractivity contribution in [2.75, 3.05) is 10.5 Å². The van der Waals surface area contributed by atoms with E-state index in [1.54, 1.807) is 0 Å². The molecule has 0 radical (unpaired) electrons. The van der Waals surface area contributed by atoms with Crippen molar-refractivity contribution in [3.05, 3.63) is 22.3 Å². The van der Waals surface area contributed by atoms with Gasteiger partial charge in [0.15, 0.2) is 0 Å². The van der Waals surface area contributed by atoms with Gasteiger partial charge in [-0.05, 0) is 28.4 Å². The van der Waals surface area contributed by atoms with Gasteiger partial charge in [-0.1, -0.05) is 0 Å². The number of pyridine rings is 1. The van der Waals surface area contributed by atoms with E-state index in [9.17, 15) is 21.6 Å². The molecular weight excluding hydrogens is 361 g/mol. The van der Waals surface area contributed by atoms with Gasteiger partial charge in [0.05, 0.1) is 11.3 Å². The summed E-state index contributed by atoms with van der Waals surface area (Å²) in [6.45, 7) is 0. The van der Waals surface area contributed by atoms with Crippen molar-refractivity contribution in [1.82, 2.24) is 4.98 Å². The van der Waals surface area contributed by atoms with Crippen LogP contribution in [0.1, 0.15) is 18.4 Å². The first-order chi connectivity index (χ1) is 9.15. The van der Waals surface area contributed by atoms with E-state index in [-0.39, 0.29) is 28.9 Å². The number of anilines is 1. The van der Waals surface area contributed by atoms with E-state index in [4.69, 9.17) is 6.42 Å². The molecule has 0 saturated carbocycles. The maximum absolute atomic E-state index is 12.7. The summed E-state index contributed by atoms with van der Waals surface area (Å²) in [5.74, 6) is 1.61. The number of hydrogen-bond acceptors (Lipinski definition) is 3. The zero-order valence-corrected chi connectivity index (χ0v) is 12.4. The highest BCUT2D eigenvalue weighted by molar-refractivity contribution is 9.10. The Balaban J connectivity index is 2.92. The second kappa shape index (κ2) is 6.45. The summed E-state index contributed by atoms with van der Waals surface area (Å²) in [6, 6.07) is 0.628. The van der Waals surface area contributed by atoms with E-state index in [1.807, 2.05) is 4.72 Å². The van der Waals surface area contributed by atoms with Crippen molar-refractivity contribution in [3.8, 4) is 12.3 Å². The highest BCUT2D eigenvalue weighted by Crippen LogP contribution is 2.35. The molecule has 0 bridgehead atoms. The van der Waals surface area contributed by atoms with Gasteiger partial charge in [0, 0.05) is 17.1 Å². The number of halogens is 4. The Bertz CT molecular complexity index is 624. The van der Waals surface area contributed by atoms with Crippen LogP contribution in [-0.4, -0.2) is 19.2 Å². The molecule has 20 heavy (non-hydrogen) atoms. The average Bonchev–Trinajstić information content (AvgIpc) is 2.30. The summed E-state index contributed by atoms with van der Waals surface area (Å²) in [6.07, 6.45) is 1.76. The van der Waals surface area contributed by atoms with Crippen LogP contribution in [0, 0.1) is 12.3 Å². The quantitative estimate of drug-likeness (QED) is 0.640. The first-order valence-corrected chi connectivity index (χ1v) is 7.77. The zero-order valence-electron chi connectivity index (χ0n) is 10.0. The van der Waals surface area contributed by atoms with E-state index < -0.39 is 21.8 Å². The van der Waals surface area contributed by atoms with Gasteiger partial charge in [-0.15, -0.1) is 12.3 Å². The van der Waals surface area contributed by atoms with Gasteiger partial charge in [-0.25, -0.2) is 13.4 Å². The molecule has 1 aromatic rings. The van der Waals surface area contributed by atoms with Crippen LogP contribution < -0.4 is 4.72 Å². The number of sulfonamides is 1. The highest BCUT2D eigenvalue weighted by atomic mass is 79.9. The summed E-state index contributed by atoms with van der Waals surface area (Å²) < 4.78 is 62.9. The Morgan fingerprint density at radius 2 is 2.10 bits per heavy atom. The normalized spacial score (nSPS) is 11.9. The van der Waals surface area contributed by atoms with Crippen LogP contribution in [-0.2, 0) is 16.2 Å². The number of nitrogens with zero attached hydrogens (tertiary/aromatic N) is 1. The maximum Gasteiger partial charge on any atom is 0.417 e. The van der Waals surface area contributed by atoms with Crippen LogP contribution in [0.3, 0.4) is 0 Å². The van der Waals surface area contributed by atoms with Crippen LogP contribution in [0.15, 0.2) is 16.7 Å². The number of unbranched alkanes of at least 4 members (excludes halogenated alkanes) is 1. The first-order valence-electron chi connectivity index (χ1n) is 5.32. The molecule has 1 heterocycles. The Hall–Kier alpha value is -1.27. The van der Waals surface area contributed by atoms with E-state index >= 15 is 0 Å². The standard InChI is InChI=1S/C11H10BrF3N2O2S/c1-2-3-4-5-20(18,19)17-10-6-8(11(13,14)15)9(12)7-16-10/h1,6-7H,3-5H2,(H,16,17). The molecule has 9 heteroatoms. The number of nitrogens with one attached hydrogen (secondary N) is 1. The summed E-state index contributed by atoms with van der Waals surface area (Å²) >= 11 is 2.72. The molecule has 0 spiro atoms. The molecule has 4 nitrogen and oxygen atoms in total. The molecule has 0 aliphatic carbocycles. The fraction of sp³-hybridized carbons (Fsp3) is 0.364. The predicted molar refractivity (Wildman–Crippen MR) is 72.4 cm³/mol. The van der Waals surface area contributed by atoms with Gasteiger partial charge in [0.1, 0.15) is 5.82 Å². The third-order valence-corrected chi connectivity index (χ3v) is 4.13.